The summed E-state index contributed by atoms with van der Waals surface area (Å²) < 4.78 is 0. The first kappa shape index (κ1) is 3.95. The van der Waals surface area contributed by atoms with Gasteiger partial charge in [0.1, 0.15) is 5.37 Å². The summed E-state index contributed by atoms with van der Waals surface area (Å²) in [6.07, 6.45) is 1.66. The summed E-state index contributed by atoms with van der Waals surface area (Å²) in [5.74, 6) is 0. The second kappa shape index (κ2) is 1.49. The Morgan fingerprint density at radius 3 is 3.00 bits per heavy atom. The van der Waals surface area contributed by atoms with Crippen molar-refractivity contribution < 1.29 is 0 Å². The van der Waals surface area contributed by atoms with Gasteiger partial charge in [-0.15, -0.1) is 0 Å². The Morgan fingerprint density at radius 1 is 2.00 bits per heavy atom. The van der Waals surface area contributed by atoms with Crippen LogP contribution in [0.2, 0.25) is 0 Å². The van der Waals surface area contributed by atoms with Crippen LogP contribution in [-0.4, -0.2) is 11.6 Å². The molecule has 3 N–H and O–H groups in total. The van der Waals surface area contributed by atoms with Gasteiger partial charge in [-0.3, -0.25) is 4.83 Å². The monoisotopic (exact) mass is 103 g/mol. The fourth-order valence-electron chi connectivity index (χ4n) is 0.226. The lowest BCUT2D eigenvalue weighted by atomic mass is 10.7. The van der Waals surface area contributed by atoms with Crippen molar-refractivity contribution in [2.75, 3.05) is 0 Å². The minimum Gasteiger partial charge on any atom is -0.313 e. The molecule has 3 nitrogen and oxygen atoms in total. The van der Waals surface area contributed by atoms with Gasteiger partial charge in [-0.25, -0.2) is 0 Å². The molecule has 0 saturated carbocycles. The third kappa shape index (κ3) is 0.636. The third-order valence-electron chi connectivity index (χ3n) is 0.463. The zero-order valence-electron chi connectivity index (χ0n) is 3.09. The van der Waals surface area contributed by atoms with Gasteiger partial charge >= 0.3 is 0 Å². The third-order valence-corrected chi connectivity index (χ3v) is 1.07. The van der Waals surface area contributed by atoms with E-state index in [0.29, 0.717) is 0 Å². The van der Waals surface area contributed by atoms with Crippen LogP contribution in [0.4, 0.5) is 0 Å². The molecule has 0 amide bonds. The number of nitrogens with one attached hydrogen (secondary N) is 1. The van der Waals surface area contributed by atoms with Gasteiger partial charge in [0.25, 0.3) is 0 Å². The van der Waals surface area contributed by atoms with Crippen LogP contribution in [0.5, 0.6) is 0 Å². The van der Waals surface area contributed by atoms with Gasteiger partial charge in [-0.2, -0.15) is 5.10 Å². The van der Waals surface area contributed by atoms with Gasteiger partial charge < -0.3 is 5.73 Å². The van der Waals surface area contributed by atoms with Crippen LogP contribution in [0, 0.1) is 0 Å². The second-order valence-corrected chi connectivity index (χ2v) is 1.91. The number of nitrogens with zero attached hydrogens (tertiary/aromatic N) is 1. The van der Waals surface area contributed by atoms with Crippen LogP contribution < -0.4 is 10.6 Å². The fourth-order valence-corrected chi connectivity index (χ4v) is 0.591. The Labute approximate surface area is 40.1 Å². The SMILES string of the molecule is NC1C=NNS1. The quantitative estimate of drug-likeness (QED) is 0.407. The van der Waals surface area contributed by atoms with Crippen LogP contribution >= 0.6 is 11.9 Å². The minimum absolute atomic E-state index is 0.0602. The van der Waals surface area contributed by atoms with Crippen molar-refractivity contribution in [3.8, 4) is 0 Å². The van der Waals surface area contributed by atoms with Crippen LogP contribution in [0.25, 0.3) is 0 Å². The molecule has 34 valence electrons. The average Bonchev–Trinajstić information content (AvgIpc) is 1.86. The van der Waals surface area contributed by atoms with Crippen molar-refractivity contribution in [3.63, 3.8) is 0 Å². The summed E-state index contributed by atoms with van der Waals surface area (Å²) in [7, 11) is 0. The van der Waals surface area contributed by atoms with E-state index in [4.69, 9.17) is 5.73 Å². The fraction of sp³-hybridized carbons (Fsp3) is 0.500. The highest BCUT2D eigenvalue weighted by atomic mass is 32.2. The second-order valence-electron chi connectivity index (χ2n) is 0.952. The lowest BCUT2D eigenvalue weighted by Gasteiger charge is -1.88. The molecule has 1 unspecified atom stereocenters. The predicted molar refractivity (Wildman–Crippen MR) is 27.2 cm³/mol. The van der Waals surface area contributed by atoms with Gasteiger partial charge in [-0.1, -0.05) is 0 Å². The Morgan fingerprint density at radius 2 is 2.83 bits per heavy atom. The van der Waals surface area contributed by atoms with Crippen molar-refractivity contribution in [3.05, 3.63) is 0 Å². The molecule has 0 aromatic carbocycles. The minimum atomic E-state index is 0.0602. The summed E-state index contributed by atoms with van der Waals surface area (Å²) in [5, 5.41) is 3.69. The number of nitrogens with two attached hydrogens (primary N) is 1. The van der Waals surface area contributed by atoms with E-state index in [1.165, 1.54) is 11.9 Å². The van der Waals surface area contributed by atoms with Gasteiger partial charge in [0.2, 0.25) is 0 Å². The molecular formula is C2H5N3S. The highest BCUT2D eigenvalue weighted by Crippen LogP contribution is 2.01. The molecule has 0 aromatic rings. The number of hydrazone groups is 1. The molecule has 0 aromatic heterocycles. The molecule has 1 aliphatic rings. The van der Waals surface area contributed by atoms with E-state index >= 15 is 0 Å². The molecule has 0 bridgehead atoms. The molecule has 4 heteroatoms. The standard InChI is InChI=1S/C2H5N3S/c3-2-1-4-5-6-2/h1-2,5H,3H2. The molecule has 1 aliphatic heterocycles. The molecular weight excluding hydrogens is 98.1 g/mol. The maximum absolute atomic E-state index is 5.29. The molecule has 0 spiro atoms. The number of rotatable bonds is 0. The number of hydrogen-bond donors (Lipinski definition) is 2. The smallest absolute Gasteiger partial charge is 0.110 e. The topological polar surface area (TPSA) is 50.4 Å². The van der Waals surface area contributed by atoms with Crippen molar-refractivity contribution in [1.29, 1.82) is 0 Å². The highest BCUT2D eigenvalue weighted by molar-refractivity contribution is 7.98. The van der Waals surface area contributed by atoms with E-state index < -0.39 is 0 Å². The van der Waals surface area contributed by atoms with Crippen molar-refractivity contribution in [1.82, 2.24) is 4.83 Å². The zero-order valence-corrected chi connectivity index (χ0v) is 3.90. The molecule has 1 atom stereocenters. The maximum atomic E-state index is 5.29. The largest absolute Gasteiger partial charge is 0.313 e. The van der Waals surface area contributed by atoms with Crippen molar-refractivity contribution >= 4 is 18.2 Å². The predicted octanol–water partition coefficient (Wildman–Crippen LogP) is -0.492. The van der Waals surface area contributed by atoms with Crippen LogP contribution in [0.15, 0.2) is 5.10 Å². The molecule has 6 heavy (non-hydrogen) atoms. The summed E-state index contributed by atoms with van der Waals surface area (Å²) in [6, 6.07) is 0. The zero-order chi connectivity index (χ0) is 4.41. The van der Waals surface area contributed by atoms with E-state index in [9.17, 15) is 0 Å². The van der Waals surface area contributed by atoms with Gasteiger partial charge in [-0.05, 0) is 11.9 Å². The van der Waals surface area contributed by atoms with Crippen LogP contribution in [0.1, 0.15) is 0 Å². The van der Waals surface area contributed by atoms with Gasteiger partial charge in [0.15, 0.2) is 0 Å². The first-order valence-corrected chi connectivity index (χ1v) is 2.47. The van der Waals surface area contributed by atoms with E-state index in [-0.39, 0.29) is 5.37 Å². The lowest BCUT2D eigenvalue weighted by molar-refractivity contribution is 1.15. The molecule has 0 radical (unpaired) electrons. The Bertz CT molecular complexity index is 71.2. The Balaban J connectivity index is 2.38. The summed E-state index contributed by atoms with van der Waals surface area (Å²) in [5.41, 5.74) is 5.29. The normalized spacial score (nSPS) is 30.5. The van der Waals surface area contributed by atoms with Crippen molar-refractivity contribution in [2.45, 2.75) is 5.37 Å². The van der Waals surface area contributed by atoms with Gasteiger partial charge in [0.05, 0.1) is 6.21 Å². The maximum Gasteiger partial charge on any atom is 0.110 e. The van der Waals surface area contributed by atoms with Crippen LogP contribution in [-0.2, 0) is 0 Å². The first-order chi connectivity index (χ1) is 2.89. The molecule has 1 rings (SSSR count). The van der Waals surface area contributed by atoms with E-state index in [1.807, 2.05) is 0 Å². The molecule has 0 saturated heterocycles. The Kier molecular flexibility index (Phi) is 0.979. The van der Waals surface area contributed by atoms with E-state index in [1.54, 1.807) is 6.21 Å². The molecule has 1 heterocycles. The van der Waals surface area contributed by atoms with Crippen LogP contribution in [0.3, 0.4) is 0 Å². The lowest BCUT2D eigenvalue weighted by Crippen LogP contribution is -2.13. The van der Waals surface area contributed by atoms with E-state index in [0.717, 1.165) is 0 Å². The first-order valence-electron chi connectivity index (χ1n) is 1.59. The molecule has 0 aliphatic carbocycles. The van der Waals surface area contributed by atoms with Gasteiger partial charge in [0, 0.05) is 0 Å². The summed E-state index contributed by atoms with van der Waals surface area (Å²) >= 11 is 1.40. The number of hydrogen-bond acceptors (Lipinski definition) is 4. The Hall–Kier alpha value is -0.220. The van der Waals surface area contributed by atoms with Crippen molar-refractivity contribution in [2.24, 2.45) is 10.8 Å². The summed E-state index contributed by atoms with van der Waals surface area (Å²) in [4.78, 5) is 2.63. The summed E-state index contributed by atoms with van der Waals surface area (Å²) in [6.45, 7) is 0. The highest BCUT2D eigenvalue weighted by Gasteiger charge is 2.00. The van der Waals surface area contributed by atoms with E-state index in [2.05, 4.69) is 9.93 Å². The molecule has 0 fully saturated rings. The average molecular weight is 103 g/mol.